The smallest absolute Gasteiger partial charge is 0.321 e. The van der Waals surface area contributed by atoms with Gasteiger partial charge in [-0.2, -0.15) is 0 Å². The molecule has 3 rings (SSSR count). The van der Waals surface area contributed by atoms with Crippen LogP contribution in [0.25, 0.3) is 0 Å². The van der Waals surface area contributed by atoms with Gasteiger partial charge in [-0.1, -0.05) is 12.1 Å². The minimum absolute atomic E-state index is 0.0529. The number of thiophene rings is 1. The number of anilines is 1. The predicted octanol–water partition coefficient (Wildman–Crippen LogP) is 2.71. The molecule has 4 amide bonds. The fourth-order valence-electron chi connectivity index (χ4n) is 3.56. The number of fused-ring (bicyclic) bond motifs is 1. The summed E-state index contributed by atoms with van der Waals surface area (Å²) in [6, 6.07) is 9.13. The molecule has 1 aromatic heterocycles. The number of nitrogens with one attached hydrogen (secondary N) is 3. The first kappa shape index (κ1) is 21.8. The molecule has 0 saturated carbocycles. The summed E-state index contributed by atoms with van der Waals surface area (Å²) in [7, 11) is 0. The summed E-state index contributed by atoms with van der Waals surface area (Å²) in [5.41, 5.74) is 2.48. The highest BCUT2D eigenvalue weighted by atomic mass is 32.1. The molecule has 8 heteroatoms. The lowest BCUT2D eigenvalue weighted by atomic mass is 9.95. The molecule has 0 bridgehead atoms. The number of carbonyl (C=O) groups is 3. The maximum atomic E-state index is 12.5. The highest BCUT2D eigenvalue weighted by Crippen LogP contribution is 2.29. The van der Waals surface area contributed by atoms with Gasteiger partial charge in [-0.25, -0.2) is 4.79 Å². The van der Waals surface area contributed by atoms with E-state index < -0.39 is 6.03 Å². The topological polar surface area (TPSA) is 90.5 Å². The van der Waals surface area contributed by atoms with Crippen LogP contribution in [0.3, 0.4) is 0 Å². The zero-order valence-electron chi connectivity index (χ0n) is 17.4. The van der Waals surface area contributed by atoms with Crippen LogP contribution in [0.4, 0.5) is 10.5 Å². The lowest BCUT2D eigenvalue weighted by Gasteiger charge is -2.31. The number of amides is 4. The second kappa shape index (κ2) is 10.2. The van der Waals surface area contributed by atoms with Crippen molar-refractivity contribution in [2.75, 3.05) is 24.5 Å². The normalized spacial score (nSPS) is 13.0. The predicted molar refractivity (Wildman–Crippen MR) is 119 cm³/mol. The molecule has 0 radical (unpaired) electrons. The zero-order valence-corrected chi connectivity index (χ0v) is 18.2. The van der Waals surface area contributed by atoms with Crippen molar-refractivity contribution in [1.29, 1.82) is 0 Å². The van der Waals surface area contributed by atoms with E-state index in [1.165, 1.54) is 4.88 Å². The second-order valence-corrected chi connectivity index (χ2v) is 8.62. The fraction of sp³-hybridized carbons (Fsp3) is 0.409. The summed E-state index contributed by atoms with van der Waals surface area (Å²) in [6.45, 7) is 5.10. The van der Waals surface area contributed by atoms with Crippen molar-refractivity contribution in [2.24, 2.45) is 0 Å². The zero-order chi connectivity index (χ0) is 21.5. The summed E-state index contributed by atoms with van der Waals surface area (Å²) in [6.07, 6.45) is 2.37. The molecule has 0 atom stereocenters. The molecule has 1 aliphatic heterocycles. The van der Waals surface area contributed by atoms with Gasteiger partial charge in [0.25, 0.3) is 5.91 Å². The molecular weight excluding hydrogens is 400 g/mol. The molecule has 0 aliphatic carbocycles. The SMILES string of the molecule is CC(C)NC(=O)c1cccc2c1CCCN2CC(=O)NC(=O)NCCc1cccs1. The van der Waals surface area contributed by atoms with Crippen LogP contribution in [-0.2, 0) is 17.6 Å². The van der Waals surface area contributed by atoms with E-state index in [-0.39, 0.29) is 24.4 Å². The van der Waals surface area contributed by atoms with Crippen LogP contribution in [0.5, 0.6) is 0 Å². The standard InChI is InChI=1S/C22H28N4O3S/c1-15(2)24-21(28)18-7-3-9-19-17(18)8-4-12-26(19)14-20(27)25-22(29)23-11-10-16-6-5-13-30-16/h3,5-7,9,13,15H,4,8,10-12,14H2,1-2H3,(H,24,28)(H2,23,25,27,29). The van der Waals surface area contributed by atoms with Crippen LogP contribution in [0, 0.1) is 0 Å². The average molecular weight is 429 g/mol. The van der Waals surface area contributed by atoms with Gasteiger partial charge >= 0.3 is 6.03 Å². The van der Waals surface area contributed by atoms with Gasteiger partial charge in [-0.15, -0.1) is 11.3 Å². The van der Waals surface area contributed by atoms with Gasteiger partial charge < -0.3 is 15.5 Å². The summed E-state index contributed by atoms with van der Waals surface area (Å²) < 4.78 is 0. The Hall–Kier alpha value is -2.87. The first-order valence-electron chi connectivity index (χ1n) is 10.2. The van der Waals surface area contributed by atoms with Crippen LogP contribution in [0.2, 0.25) is 0 Å². The van der Waals surface area contributed by atoms with E-state index in [1.807, 2.05) is 54.5 Å². The van der Waals surface area contributed by atoms with Crippen molar-refractivity contribution in [3.8, 4) is 0 Å². The summed E-state index contributed by atoms with van der Waals surface area (Å²) >= 11 is 1.64. The van der Waals surface area contributed by atoms with Crippen LogP contribution in [0.15, 0.2) is 35.7 Å². The molecule has 30 heavy (non-hydrogen) atoms. The molecule has 0 saturated heterocycles. The molecule has 160 valence electrons. The van der Waals surface area contributed by atoms with E-state index in [9.17, 15) is 14.4 Å². The third-order valence-electron chi connectivity index (χ3n) is 4.84. The number of urea groups is 1. The maximum absolute atomic E-state index is 12.5. The second-order valence-electron chi connectivity index (χ2n) is 7.59. The van der Waals surface area contributed by atoms with E-state index in [0.717, 1.165) is 30.5 Å². The number of nitrogens with zero attached hydrogens (tertiary/aromatic N) is 1. The molecule has 0 fully saturated rings. The van der Waals surface area contributed by atoms with Gasteiger partial charge in [-0.05, 0) is 62.3 Å². The largest absolute Gasteiger partial charge is 0.362 e. The Labute approximate surface area is 180 Å². The lowest BCUT2D eigenvalue weighted by Crippen LogP contribution is -2.46. The maximum Gasteiger partial charge on any atom is 0.321 e. The van der Waals surface area contributed by atoms with Gasteiger partial charge in [0, 0.05) is 35.3 Å². The van der Waals surface area contributed by atoms with Gasteiger partial charge in [0.05, 0.1) is 6.54 Å². The van der Waals surface area contributed by atoms with Crippen molar-refractivity contribution in [3.05, 3.63) is 51.7 Å². The third-order valence-corrected chi connectivity index (χ3v) is 5.77. The highest BCUT2D eigenvalue weighted by Gasteiger charge is 2.24. The summed E-state index contributed by atoms with van der Waals surface area (Å²) in [5.74, 6) is -0.466. The van der Waals surface area contributed by atoms with E-state index in [2.05, 4.69) is 16.0 Å². The molecule has 7 nitrogen and oxygen atoms in total. The third kappa shape index (κ3) is 5.82. The molecule has 2 heterocycles. The number of benzene rings is 1. The lowest BCUT2D eigenvalue weighted by molar-refractivity contribution is -0.118. The average Bonchev–Trinajstić information content (AvgIpc) is 3.20. The molecule has 2 aromatic rings. The number of carbonyl (C=O) groups excluding carboxylic acids is 3. The monoisotopic (exact) mass is 428 g/mol. The summed E-state index contributed by atoms with van der Waals surface area (Å²) in [5, 5.41) is 10.0. The minimum Gasteiger partial charge on any atom is -0.362 e. The quantitative estimate of drug-likeness (QED) is 0.632. The molecule has 0 unspecified atom stereocenters. The van der Waals surface area contributed by atoms with Crippen molar-refractivity contribution in [3.63, 3.8) is 0 Å². The molecule has 1 aromatic carbocycles. The fourth-order valence-corrected chi connectivity index (χ4v) is 4.26. The molecule has 0 spiro atoms. The van der Waals surface area contributed by atoms with Crippen LogP contribution >= 0.6 is 11.3 Å². The van der Waals surface area contributed by atoms with Crippen LogP contribution in [-0.4, -0.2) is 43.5 Å². The van der Waals surface area contributed by atoms with Gasteiger partial charge in [0.2, 0.25) is 5.91 Å². The molecular formula is C22H28N4O3S. The van der Waals surface area contributed by atoms with Gasteiger partial charge in [0.1, 0.15) is 0 Å². The minimum atomic E-state index is -0.487. The van der Waals surface area contributed by atoms with E-state index >= 15 is 0 Å². The van der Waals surface area contributed by atoms with Crippen molar-refractivity contribution >= 4 is 34.9 Å². The van der Waals surface area contributed by atoms with Gasteiger partial charge in [0.15, 0.2) is 0 Å². The first-order valence-corrected chi connectivity index (χ1v) is 11.1. The molecule has 1 aliphatic rings. The highest BCUT2D eigenvalue weighted by molar-refractivity contribution is 7.09. The number of rotatable bonds is 7. The van der Waals surface area contributed by atoms with Crippen LogP contribution < -0.4 is 20.9 Å². The summed E-state index contributed by atoms with van der Waals surface area (Å²) in [4.78, 5) is 40.0. The first-order chi connectivity index (χ1) is 14.4. The Bertz CT molecular complexity index is 896. The van der Waals surface area contributed by atoms with Crippen molar-refractivity contribution < 1.29 is 14.4 Å². The number of hydrogen-bond donors (Lipinski definition) is 3. The van der Waals surface area contributed by atoms with E-state index in [1.54, 1.807) is 11.3 Å². The Morgan fingerprint density at radius 2 is 2.00 bits per heavy atom. The number of hydrogen-bond acceptors (Lipinski definition) is 5. The van der Waals surface area contributed by atoms with Crippen molar-refractivity contribution in [1.82, 2.24) is 16.0 Å². The number of imide groups is 1. The Morgan fingerprint density at radius 3 is 2.73 bits per heavy atom. The van der Waals surface area contributed by atoms with Crippen LogP contribution in [0.1, 0.15) is 41.1 Å². The van der Waals surface area contributed by atoms with Gasteiger partial charge in [-0.3, -0.25) is 14.9 Å². The van der Waals surface area contributed by atoms with Crippen molar-refractivity contribution in [2.45, 2.75) is 39.2 Å². The molecule has 3 N–H and O–H groups in total. The Balaban J connectivity index is 1.56. The Kier molecular flexibility index (Phi) is 7.46. The Morgan fingerprint density at radius 1 is 1.17 bits per heavy atom. The van der Waals surface area contributed by atoms with E-state index in [0.29, 0.717) is 18.7 Å². The van der Waals surface area contributed by atoms with E-state index in [4.69, 9.17) is 0 Å².